The lowest BCUT2D eigenvalue weighted by atomic mass is 9.94. The largest absolute Gasteiger partial charge is 0.507 e. The number of ketones is 1. The molecule has 0 aliphatic carbocycles. The van der Waals surface area contributed by atoms with E-state index in [-0.39, 0.29) is 27.5 Å². The number of halogens is 2. The molecule has 1 N–H and O–H groups in total. The summed E-state index contributed by atoms with van der Waals surface area (Å²) in [6.45, 7) is 1.84. The second kappa shape index (κ2) is 9.19. The molecule has 1 atom stereocenters. The Hall–Kier alpha value is -3.84. The number of nitrogens with zero attached hydrogens (tertiary/aromatic N) is 1. The van der Waals surface area contributed by atoms with Crippen molar-refractivity contribution < 1.29 is 28.6 Å². The van der Waals surface area contributed by atoms with Gasteiger partial charge in [-0.3, -0.25) is 14.5 Å². The van der Waals surface area contributed by atoms with Crippen LogP contribution in [0.1, 0.15) is 22.7 Å². The average molecular weight is 482 g/mol. The number of amides is 1. The van der Waals surface area contributed by atoms with E-state index in [4.69, 9.17) is 21.1 Å². The Kier molecular flexibility index (Phi) is 6.30. The Labute approximate surface area is 200 Å². The van der Waals surface area contributed by atoms with Crippen molar-refractivity contribution in [3.63, 3.8) is 0 Å². The van der Waals surface area contributed by atoms with Crippen molar-refractivity contribution in [3.05, 3.63) is 93.8 Å². The predicted molar refractivity (Wildman–Crippen MR) is 127 cm³/mol. The number of carbonyl (C=O) groups is 2. The van der Waals surface area contributed by atoms with Crippen molar-refractivity contribution in [2.75, 3.05) is 19.1 Å². The molecule has 8 heteroatoms. The number of carbonyl (C=O) groups excluding carboxylic acids is 2. The van der Waals surface area contributed by atoms with Gasteiger partial charge in [0.05, 0.1) is 36.4 Å². The first-order valence-electron chi connectivity index (χ1n) is 10.3. The second-order valence-electron chi connectivity index (χ2n) is 7.72. The van der Waals surface area contributed by atoms with Gasteiger partial charge in [-0.15, -0.1) is 0 Å². The summed E-state index contributed by atoms with van der Waals surface area (Å²) in [5.41, 5.74) is 1.08. The van der Waals surface area contributed by atoms with Gasteiger partial charge in [0.25, 0.3) is 11.7 Å². The highest BCUT2D eigenvalue weighted by Crippen LogP contribution is 2.45. The molecular weight excluding hydrogens is 461 g/mol. The molecule has 34 heavy (non-hydrogen) atoms. The molecule has 1 aliphatic heterocycles. The second-order valence-corrected chi connectivity index (χ2v) is 8.12. The highest BCUT2D eigenvalue weighted by atomic mass is 35.5. The SMILES string of the molecule is COc1cc(OC)c(/C(O)=C2\C(=O)C(=O)N(c3cccc(C)c3)C2c2ccccc2F)cc1Cl. The fourth-order valence-corrected chi connectivity index (χ4v) is 4.30. The molecular formula is C26H21ClFNO5. The van der Waals surface area contributed by atoms with E-state index in [0.29, 0.717) is 11.4 Å². The molecule has 1 unspecified atom stereocenters. The highest BCUT2D eigenvalue weighted by molar-refractivity contribution is 6.51. The molecule has 1 saturated heterocycles. The van der Waals surface area contributed by atoms with Crippen molar-refractivity contribution in [1.82, 2.24) is 0 Å². The van der Waals surface area contributed by atoms with Crippen LogP contribution in [0.5, 0.6) is 11.5 Å². The fourth-order valence-electron chi connectivity index (χ4n) is 4.06. The summed E-state index contributed by atoms with van der Waals surface area (Å²) in [4.78, 5) is 27.7. The molecule has 0 bridgehead atoms. The van der Waals surface area contributed by atoms with Gasteiger partial charge in [-0.25, -0.2) is 4.39 Å². The molecule has 1 amide bonds. The number of hydrogen-bond donors (Lipinski definition) is 1. The summed E-state index contributed by atoms with van der Waals surface area (Å²) in [5, 5.41) is 11.5. The molecule has 3 aromatic rings. The lowest BCUT2D eigenvalue weighted by Crippen LogP contribution is -2.29. The van der Waals surface area contributed by atoms with Crippen molar-refractivity contribution in [3.8, 4) is 11.5 Å². The predicted octanol–water partition coefficient (Wildman–Crippen LogP) is 5.43. The van der Waals surface area contributed by atoms with Gasteiger partial charge in [-0.2, -0.15) is 0 Å². The van der Waals surface area contributed by atoms with Crippen LogP contribution in [0, 0.1) is 12.7 Å². The summed E-state index contributed by atoms with van der Waals surface area (Å²) in [5.74, 6) is -2.56. The summed E-state index contributed by atoms with van der Waals surface area (Å²) < 4.78 is 25.5. The maximum atomic E-state index is 15.0. The number of aliphatic hydroxyl groups excluding tert-OH is 1. The molecule has 0 spiro atoms. The Balaban J connectivity index is 2.02. The lowest BCUT2D eigenvalue weighted by Gasteiger charge is -2.26. The van der Waals surface area contributed by atoms with E-state index in [2.05, 4.69) is 0 Å². The van der Waals surface area contributed by atoms with Crippen molar-refractivity contribution in [2.24, 2.45) is 0 Å². The zero-order valence-electron chi connectivity index (χ0n) is 18.6. The van der Waals surface area contributed by atoms with Crippen molar-refractivity contribution in [1.29, 1.82) is 0 Å². The maximum Gasteiger partial charge on any atom is 0.300 e. The molecule has 0 radical (unpaired) electrons. The monoisotopic (exact) mass is 481 g/mol. The van der Waals surface area contributed by atoms with Gasteiger partial charge in [0.1, 0.15) is 23.1 Å². The molecule has 6 nitrogen and oxygen atoms in total. The molecule has 0 aromatic heterocycles. The van der Waals surface area contributed by atoms with Crippen LogP contribution in [-0.4, -0.2) is 31.0 Å². The molecule has 174 valence electrons. The van der Waals surface area contributed by atoms with Gasteiger partial charge >= 0.3 is 0 Å². The molecule has 0 saturated carbocycles. The first kappa shape index (κ1) is 23.3. The van der Waals surface area contributed by atoms with Crippen LogP contribution >= 0.6 is 11.6 Å². The van der Waals surface area contributed by atoms with Gasteiger partial charge in [-0.1, -0.05) is 41.9 Å². The van der Waals surface area contributed by atoms with E-state index in [1.165, 1.54) is 49.5 Å². The maximum absolute atomic E-state index is 15.0. The number of rotatable bonds is 5. The van der Waals surface area contributed by atoms with Crippen LogP contribution < -0.4 is 14.4 Å². The van der Waals surface area contributed by atoms with Crippen LogP contribution in [0.4, 0.5) is 10.1 Å². The Bertz CT molecular complexity index is 1340. The molecule has 1 aliphatic rings. The third-order valence-corrected chi connectivity index (χ3v) is 5.95. The number of aryl methyl sites for hydroxylation is 1. The van der Waals surface area contributed by atoms with E-state index < -0.39 is 29.3 Å². The first-order valence-corrected chi connectivity index (χ1v) is 10.7. The number of benzene rings is 3. The number of Topliss-reactive ketones (excluding diaryl/α,β-unsaturated/α-hetero) is 1. The molecule has 3 aromatic carbocycles. The number of ether oxygens (including phenoxy) is 2. The fraction of sp³-hybridized carbons (Fsp3) is 0.154. The topological polar surface area (TPSA) is 76.1 Å². The number of methoxy groups -OCH3 is 2. The summed E-state index contributed by atoms with van der Waals surface area (Å²) in [6.07, 6.45) is 0. The smallest absolute Gasteiger partial charge is 0.300 e. The number of hydrogen-bond acceptors (Lipinski definition) is 5. The number of aliphatic hydroxyl groups is 1. The lowest BCUT2D eigenvalue weighted by molar-refractivity contribution is -0.132. The van der Waals surface area contributed by atoms with E-state index in [1.54, 1.807) is 24.3 Å². The summed E-state index contributed by atoms with van der Waals surface area (Å²) in [6, 6.07) is 14.3. The van der Waals surface area contributed by atoms with Gasteiger partial charge in [0.2, 0.25) is 0 Å². The minimum atomic E-state index is -1.21. The minimum absolute atomic E-state index is 0.0586. The molecule has 4 rings (SSSR count). The first-order chi connectivity index (χ1) is 16.3. The minimum Gasteiger partial charge on any atom is -0.507 e. The van der Waals surface area contributed by atoms with Crippen molar-refractivity contribution in [2.45, 2.75) is 13.0 Å². The molecule has 1 heterocycles. The van der Waals surface area contributed by atoms with Gasteiger partial charge in [0, 0.05) is 17.3 Å². The third-order valence-electron chi connectivity index (χ3n) is 5.65. The zero-order valence-corrected chi connectivity index (χ0v) is 19.4. The normalized spacial score (nSPS) is 17.2. The standard InChI is InChI=1S/C26H21ClFNO5/c1-14-7-6-8-15(11-14)29-23(16-9-4-5-10-19(16)28)22(25(31)26(29)32)24(30)17-12-18(27)21(34-3)13-20(17)33-2/h4-13,23,30H,1-3H3/b24-22+. The summed E-state index contributed by atoms with van der Waals surface area (Å²) in [7, 11) is 2.80. The van der Waals surface area contributed by atoms with Crippen LogP contribution in [-0.2, 0) is 9.59 Å². The quantitative estimate of drug-likeness (QED) is 0.299. The van der Waals surface area contributed by atoms with Gasteiger partial charge in [0.15, 0.2) is 0 Å². The summed E-state index contributed by atoms with van der Waals surface area (Å²) >= 11 is 6.26. The van der Waals surface area contributed by atoms with Gasteiger partial charge < -0.3 is 14.6 Å². The van der Waals surface area contributed by atoms with E-state index in [1.807, 2.05) is 13.0 Å². The zero-order chi connectivity index (χ0) is 24.6. The average Bonchev–Trinajstić information content (AvgIpc) is 3.09. The van der Waals surface area contributed by atoms with Crippen LogP contribution in [0.3, 0.4) is 0 Å². The van der Waals surface area contributed by atoms with E-state index in [9.17, 15) is 19.1 Å². The molecule has 1 fully saturated rings. The van der Waals surface area contributed by atoms with Crippen LogP contribution in [0.15, 0.2) is 66.2 Å². The third kappa shape index (κ3) is 3.88. The van der Waals surface area contributed by atoms with Crippen LogP contribution in [0.25, 0.3) is 5.76 Å². The van der Waals surface area contributed by atoms with E-state index in [0.717, 1.165) is 5.56 Å². The van der Waals surface area contributed by atoms with Crippen LogP contribution in [0.2, 0.25) is 5.02 Å². The van der Waals surface area contributed by atoms with E-state index >= 15 is 0 Å². The Morgan fingerprint density at radius 1 is 1.00 bits per heavy atom. The Morgan fingerprint density at radius 2 is 1.71 bits per heavy atom. The number of anilines is 1. The van der Waals surface area contributed by atoms with Crippen molar-refractivity contribution >= 4 is 34.7 Å². The van der Waals surface area contributed by atoms with Gasteiger partial charge in [-0.05, 0) is 36.8 Å². The Morgan fingerprint density at radius 3 is 2.35 bits per heavy atom. The highest BCUT2D eigenvalue weighted by Gasteiger charge is 2.48.